The van der Waals surface area contributed by atoms with E-state index in [0.717, 1.165) is 12.8 Å². The smallest absolute Gasteiger partial charge is 0.274 e. The van der Waals surface area contributed by atoms with Gasteiger partial charge in [-0.3, -0.25) is 4.79 Å². The van der Waals surface area contributed by atoms with E-state index in [2.05, 4.69) is 10.2 Å². The molecule has 1 amide bonds. The second-order valence-electron chi connectivity index (χ2n) is 6.45. The molecule has 1 aliphatic heterocycles. The van der Waals surface area contributed by atoms with Crippen molar-refractivity contribution in [3.05, 3.63) is 46.1 Å². The molecular weight excluding hydrogens is 365 g/mol. The molecule has 130 valence electrons. The summed E-state index contributed by atoms with van der Waals surface area (Å²) in [6.07, 6.45) is 2.08. The lowest BCUT2D eigenvalue weighted by Gasteiger charge is -2.46. The minimum atomic E-state index is -0.713. The average molecular weight is 380 g/mol. The highest BCUT2D eigenvalue weighted by Gasteiger charge is 2.53. The van der Waals surface area contributed by atoms with Gasteiger partial charge in [-0.25, -0.2) is 0 Å². The van der Waals surface area contributed by atoms with E-state index in [0.29, 0.717) is 29.8 Å². The monoisotopic (exact) mass is 379 g/mol. The lowest BCUT2D eigenvalue weighted by molar-refractivity contribution is -0.0959. The molecule has 0 bridgehead atoms. The maximum Gasteiger partial charge on any atom is 0.274 e. The minimum absolute atomic E-state index is 0.207. The second kappa shape index (κ2) is 6.12. The Bertz CT molecular complexity index is 818. The van der Waals surface area contributed by atoms with Crippen molar-refractivity contribution in [3.63, 3.8) is 0 Å². The molecule has 2 aromatic rings. The fraction of sp³-hybridized carbons (Fsp3) is 0.353. The first-order valence-electron chi connectivity index (χ1n) is 7.93. The summed E-state index contributed by atoms with van der Waals surface area (Å²) in [4.78, 5) is 13.9. The van der Waals surface area contributed by atoms with Gasteiger partial charge in [0, 0.05) is 6.07 Å². The van der Waals surface area contributed by atoms with Crippen LogP contribution in [0.2, 0.25) is 10.0 Å². The Kier molecular flexibility index (Phi) is 4.06. The molecule has 0 atom stereocenters. The molecule has 0 spiro atoms. The van der Waals surface area contributed by atoms with E-state index in [1.54, 1.807) is 29.2 Å². The normalized spacial score (nSPS) is 18.6. The van der Waals surface area contributed by atoms with Crippen LogP contribution in [-0.4, -0.2) is 44.8 Å². The van der Waals surface area contributed by atoms with E-state index in [1.807, 2.05) is 0 Å². The van der Waals surface area contributed by atoms with Crippen molar-refractivity contribution in [3.8, 4) is 11.6 Å². The van der Waals surface area contributed by atoms with Crippen LogP contribution in [0.5, 0.6) is 11.6 Å². The number of amides is 1. The van der Waals surface area contributed by atoms with Crippen molar-refractivity contribution in [1.29, 1.82) is 0 Å². The number of hydrogen-bond donors (Lipinski definition) is 1. The maximum absolute atomic E-state index is 12.4. The van der Waals surface area contributed by atoms with Crippen LogP contribution in [0.3, 0.4) is 0 Å². The molecular formula is C17H15Cl2N3O3. The lowest BCUT2D eigenvalue weighted by atomic mass is 9.88. The highest BCUT2D eigenvalue weighted by atomic mass is 35.5. The van der Waals surface area contributed by atoms with Gasteiger partial charge in [0.2, 0.25) is 5.88 Å². The molecule has 1 N–H and O–H groups in total. The van der Waals surface area contributed by atoms with Crippen LogP contribution in [-0.2, 0) is 0 Å². The molecule has 2 heterocycles. The molecule has 25 heavy (non-hydrogen) atoms. The summed E-state index contributed by atoms with van der Waals surface area (Å²) in [6, 6.07) is 8.11. The van der Waals surface area contributed by atoms with Gasteiger partial charge < -0.3 is 14.7 Å². The number of ether oxygens (including phenoxy) is 1. The number of aliphatic hydroxyl groups is 1. The van der Waals surface area contributed by atoms with Crippen LogP contribution in [0.15, 0.2) is 30.3 Å². The van der Waals surface area contributed by atoms with Crippen LogP contribution >= 0.6 is 23.2 Å². The van der Waals surface area contributed by atoms with Gasteiger partial charge in [0.1, 0.15) is 16.4 Å². The highest BCUT2D eigenvalue weighted by Crippen LogP contribution is 2.44. The molecule has 8 heteroatoms. The number of carbonyl (C=O) groups is 1. The number of benzene rings is 1. The van der Waals surface area contributed by atoms with Gasteiger partial charge in [-0.15, -0.1) is 10.2 Å². The molecule has 0 unspecified atom stereocenters. The molecule has 1 aliphatic carbocycles. The van der Waals surface area contributed by atoms with Crippen LogP contribution in [0, 0.1) is 5.92 Å². The summed E-state index contributed by atoms with van der Waals surface area (Å²) in [5.41, 5.74) is -0.502. The third-order valence-corrected chi connectivity index (χ3v) is 5.35. The second-order valence-corrected chi connectivity index (χ2v) is 7.24. The van der Waals surface area contributed by atoms with Crippen LogP contribution in [0.25, 0.3) is 0 Å². The molecule has 1 aromatic heterocycles. The topological polar surface area (TPSA) is 75.5 Å². The van der Waals surface area contributed by atoms with Gasteiger partial charge in [0.25, 0.3) is 5.91 Å². The van der Waals surface area contributed by atoms with Crippen LogP contribution < -0.4 is 4.74 Å². The third-order valence-electron chi connectivity index (χ3n) is 4.54. The molecule has 2 aliphatic rings. The van der Waals surface area contributed by atoms with Gasteiger partial charge in [-0.2, -0.15) is 0 Å². The number of carbonyl (C=O) groups excluding carboxylic acids is 1. The summed E-state index contributed by atoms with van der Waals surface area (Å²) < 4.78 is 5.54. The van der Waals surface area contributed by atoms with E-state index >= 15 is 0 Å². The van der Waals surface area contributed by atoms with E-state index in [-0.39, 0.29) is 22.5 Å². The average Bonchev–Trinajstić information content (AvgIpc) is 3.41. The van der Waals surface area contributed by atoms with Crippen molar-refractivity contribution >= 4 is 29.1 Å². The van der Waals surface area contributed by atoms with E-state index in [1.165, 1.54) is 6.07 Å². The number of β-amino-alcohol motifs (C(OH)–C–C–N with tert-alkyl or cyclic N) is 1. The molecule has 4 rings (SSSR count). The minimum Gasteiger partial charge on any atom is -0.436 e. The maximum atomic E-state index is 12.4. The van der Waals surface area contributed by atoms with Crippen molar-refractivity contribution in [1.82, 2.24) is 15.1 Å². The fourth-order valence-corrected chi connectivity index (χ4v) is 3.29. The number of nitrogens with zero attached hydrogens (tertiary/aromatic N) is 3. The zero-order chi connectivity index (χ0) is 17.6. The predicted molar refractivity (Wildman–Crippen MR) is 92.1 cm³/mol. The Morgan fingerprint density at radius 1 is 1.20 bits per heavy atom. The van der Waals surface area contributed by atoms with Crippen molar-refractivity contribution in [2.45, 2.75) is 18.4 Å². The van der Waals surface area contributed by atoms with Crippen molar-refractivity contribution < 1.29 is 14.6 Å². The predicted octanol–water partition coefficient (Wildman–Crippen LogP) is 3.17. The Morgan fingerprint density at radius 2 is 1.96 bits per heavy atom. The molecule has 6 nitrogen and oxygen atoms in total. The van der Waals surface area contributed by atoms with Gasteiger partial charge in [0.15, 0.2) is 5.69 Å². The summed E-state index contributed by atoms with van der Waals surface area (Å²) in [5.74, 6) is 0.657. The van der Waals surface area contributed by atoms with Gasteiger partial charge in [0.05, 0.1) is 18.1 Å². The number of hydrogen-bond acceptors (Lipinski definition) is 5. The SMILES string of the molecule is O=C(c1ccc(Oc2cccc(Cl)c2Cl)nn1)N1CC(O)(C2CC2)C1. The van der Waals surface area contributed by atoms with Crippen LogP contribution in [0.1, 0.15) is 23.3 Å². The summed E-state index contributed by atoms with van der Waals surface area (Å²) in [6.45, 7) is 0.711. The van der Waals surface area contributed by atoms with E-state index in [9.17, 15) is 9.90 Å². The van der Waals surface area contributed by atoms with Gasteiger partial charge in [-0.1, -0.05) is 29.3 Å². The first kappa shape index (κ1) is 16.6. The molecule has 1 saturated carbocycles. The molecule has 2 fully saturated rings. The lowest BCUT2D eigenvalue weighted by Crippen LogP contribution is -2.64. The number of halogens is 2. The number of aromatic nitrogens is 2. The van der Waals surface area contributed by atoms with Crippen molar-refractivity contribution in [2.75, 3.05) is 13.1 Å². The standard InChI is InChI=1S/C17H15Cl2N3O3/c18-11-2-1-3-13(15(11)19)25-14-7-6-12(20-21-14)16(23)22-8-17(24,9-22)10-4-5-10/h1-3,6-7,10,24H,4-5,8-9H2. The van der Waals surface area contributed by atoms with Gasteiger partial charge >= 0.3 is 0 Å². The largest absolute Gasteiger partial charge is 0.436 e. The third kappa shape index (κ3) is 3.17. The Labute approximate surface area is 154 Å². The molecule has 1 saturated heterocycles. The molecule has 1 aromatic carbocycles. The summed E-state index contributed by atoms with van der Waals surface area (Å²) >= 11 is 12.0. The Hall–Kier alpha value is -1.89. The van der Waals surface area contributed by atoms with Crippen molar-refractivity contribution in [2.24, 2.45) is 5.92 Å². The van der Waals surface area contributed by atoms with Gasteiger partial charge in [-0.05, 0) is 37.0 Å². The zero-order valence-corrected chi connectivity index (χ0v) is 14.7. The number of rotatable bonds is 4. The van der Waals surface area contributed by atoms with E-state index in [4.69, 9.17) is 27.9 Å². The quantitative estimate of drug-likeness (QED) is 0.882. The Morgan fingerprint density at radius 3 is 2.60 bits per heavy atom. The van der Waals surface area contributed by atoms with E-state index < -0.39 is 5.60 Å². The molecule has 0 radical (unpaired) electrons. The zero-order valence-electron chi connectivity index (χ0n) is 13.2. The Balaban J connectivity index is 1.42. The number of likely N-dealkylation sites (tertiary alicyclic amines) is 1. The highest BCUT2D eigenvalue weighted by molar-refractivity contribution is 6.42. The van der Waals surface area contributed by atoms with Crippen LogP contribution in [0.4, 0.5) is 0 Å². The summed E-state index contributed by atoms with van der Waals surface area (Å²) in [5, 5.41) is 18.8. The summed E-state index contributed by atoms with van der Waals surface area (Å²) in [7, 11) is 0. The first-order valence-corrected chi connectivity index (χ1v) is 8.69. The fourth-order valence-electron chi connectivity index (χ4n) is 2.96. The first-order chi connectivity index (χ1) is 12.0.